The van der Waals surface area contributed by atoms with E-state index in [9.17, 15) is 0 Å². The van der Waals surface area contributed by atoms with E-state index in [1.165, 1.54) is 32.1 Å². The average Bonchev–Trinajstić information content (AvgIpc) is 2.90. The first-order valence-electron chi connectivity index (χ1n) is 6.34. The maximum absolute atomic E-state index is 2.48. The van der Waals surface area contributed by atoms with E-state index in [4.69, 9.17) is 0 Å². The molecule has 0 aromatic carbocycles. The molecule has 0 aliphatic heterocycles. The SMILES string of the molecule is C1=CC2=C3C(CCC2CC1)CC1CC31. The Morgan fingerprint density at radius 3 is 2.93 bits per heavy atom. The Balaban J connectivity index is 1.84. The van der Waals surface area contributed by atoms with E-state index in [2.05, 4.69) is 12.2 Å². The van der Waals surface area contributed by atoms with Gasteiger partial charge in [0.2, 0.25) is 0 Å². The second-order valence-electron chi connectivity index (χ2n) is 5.70. The zero-order chi connectivity index (χ0) is 9.12. The van der Waals surface area contributed by atoms with Crippen molar-refractivity contribution in [3.8, 4) is 0 Å². The van der Waals surface area contributed by atoms with Crippen LogP contribution in [0.2, 0.25) is 0 Å². The van der Waals surface area contributed by atoms with Crippen molar-refractivity contribution in [2.75, 3.05) is 0 Å². The summed E-state index contributed by atoms with van der Waals surface area (Å²) in [4.78, 5) is 0. The van der Waals surface area contributed by atoms with Gasteiger partial charge >= 0.3 is 0 Å². The molecule has 0 amide bonds. The minimum atomic E-state index is 0.964. The summed E-state index contributed by atoms with van der Waals surface area (Å²) in [5.74, 6) is 4.16. The monoisotopic (exact) mass is 186 g/mol. The fourth-order valence-corrected chi connectivity index (χ4v) is 4.24. The first-order valence-corrected chi connectivity index (χ1v) is 6.34. The molecule has 14 heavy (non-hydrogen) atoms. The van der Waals surface area contributed by atoms with E-state index in [1.807, 2.05) is 5.57 Å². The van der Waals surface area contributed by atoms with Crippen molar-refractivity contribution in [3.63, 3.8) is 0 Å². The minimum Gasteiger partial charge on any atom is -0.0842 e. The number of rotatable bonds is 0. The van der Waals surface area contributed by atoms with Gasteiger partial charge in [-0.15, -0.1) is 0 Å². The van der Waals surface area contributed by atoms with Gasteiger partial charge in [-0.1, -0.05) is 17.7 Å². The lowest BCUT2D eigenvalue weighted by atomic mass is 9.73. The van der Waals surface area contributed by atoms with Gasteiger partial charge in [0, 0.05) is 0 Å². The van der Waals surface area contributed by atoms with Crippen molar-refractivity contribution in [1.29, 1.82) is 0 Å². The lowest BCUT2D eigenvalue weighted by Crippen LogP contribution is -2.19. The quantitative estimate of drug-likeness (QED) is 0.541. The number of hydrogen-bond acceptors (Lipinski definition) is 0. The van der Waals surface area contributed by atoms with Crippen LogP contribution in [-0.4, -0.2) is 0 Å². The van der Waals surface area contributed by atoms with Crippen molar-refractivity contribution >= 4 is 0 Å². The van der Waals surface area contributed by atoms with E-state index in [-0.39, 0.29) is 0 Å². The molecule has 0 N–H and O–H groups in total. The van der Waals surface area contributed by atoms with Crippen LogP contribution in [0, 0.1) is 23.7 Å². The molecule has 0 spiro atoms. The predicted molar refractivity (Wildman–Crippen MR) is 57.8 cm³/mol. The van der Waals surface area contributed by atoms with Gasteiger partial charge < -0.3 is 0 Å². The smallest absolute Gasteiger partial charge is 0.0159 e. The molecule has 4 aliphatic rings. The van der Waals surface area contributed by atoms with Crippen LogP contribution >= 0.6 is 0 Å². The maximum Gasteiger partial charge on any atom is -0.0159 e. The molecular formula is C14H18. The molecule has 0 bridgehead atoms. The first kappa shape index (κ1) is 7.73. The van der Waals surface area contributed by atoms with Crippen LogP contribution < -0.4 is 0 Å². The molecule has 74 valence electrons. The fraction of sp³-hybridized carbons (Fsp3) is 0.714. The van der Waals surface area contributed by atoms with E-state index < -0.39 is 0 Å². The van der Waals surface area contributed by atoms with E-state index >= 15 is 0 Å². The highest BCUT2D eigenvalue weighted by Crippen LogP contribution is 2.62. The van der Waals surface area contributed by atoms with Crippen molar-refractivity contribution in [2.45, 2.75) is 38.5 Å². The Morgan fingerprint density at radius 1 is 1.00 bits per heavy atom. The van der Waals surface area contributed by atoms with Crippen molar-refractivity contribution in [1.82, 2.24) is 0 Å². The highest BCUT2D eigenvalue weighted by Gasteiger charge is 2.52. The highest BCUT2D eigenvalue weighted by atomic mass is 14.6. The molecule has 0 aromatic heterocycles. The first-order chi connectivity index (χ1) is 6.93. The number of fused-ring (bicyclic) bond motifs is 4. The van der Waals surface area contributed by atoms with Crippen LogP contribution in [0.1, 0.15) is 38.5 Å². The van der Waals surface area contributed by atoms with Gasteiger partial charge in [0.1, 0.15) is 0 Å². The normalized spacial score (nSPS) is 48.6. The lowest BCUT2D eigenvalue weighted by Gasteiger charge is -2.32. The minimum absolute atomic E-state index is 0.964. The van der Waals surface area contributed by atoms with Gasteiger partial charge in [-0.25, -0.2) is 0 Å². The predicted octanol–water partition coefficient (Wildman–Crippen LogP) is 3.70. The molecule has 0 radical (unpaired) electrons. The van der Waals surface area contributed by atoms with Crippen molar-refractivity contribution in [2.24, 2.45) is 23.7 Å². The summed E-state index contributed by atoms with van der Waals surface area (Å²) in [6.45, 7) is 0. The second-order valence-corrected chi connectivity index (χ2v) is 5.70. The summed E-state index contributed by atoms with van der Waals surface area (Å²) in [6, 6.07) is 0. The van der Waals surface area contributed by atoms with Crippen molar-refractivity contribution in [3.05, 3.63) is 23.3 Å². The van der Waals surface area contributed by atoms with E-state index in [1.54, 1.807) is 12.0 Å². The molecule has 4 rings (SSSR count). The zero-order valence-electron chi connectivity index (χ0n) is 8.71. The van der Waals surface area contributed by atoms with Gasteiger partial charge in [0.25, 0.3) is 0 Å². The third-order valence-corrected chi connectivity index (χ3v) is 4.97. The molecule has 4 unspecified atom stereocenters. The van der Waals surface area contributed by atoms with Crippen LogP contribution in [0.5, 0.6) is 0 Å². The van der Waals surface area contributed by atoms with Gasteiger partial charge in [0.15, 0.2) is 0 Å². The summed E-state index contributed by atoms with van der Waals surface area (Å²) in [7, 11) is 0. The summed E-state index contributed by atoms with van der Waals surface area (Å²) in [6.07, 6.45) is 13.8. The molecular weight excluding hydrogens is 168 g/mol. The molecule has 0 nitrogen and oxygen atoms in total. The highest BCUT2D eigenvalue weighted by molar-refractivity contribution is 5.40. The van der Waals surface area contributed by atoms with Gasteiger partial charge in [-0.05, 0) is 67.8 Å². The zero-order valence-corrected chi connectivity index (χ0v) is 8.71. The molecule has 4 atom stereocenters. The Morgan fingerprint density at radius 2 is 1.93 bits per heavy atom. The lowest BCUT2D eigenvalue weighted by molar-refractivity contribution is 0.392. The van der Waals surface area contributed by atoms with Crippen LogP contribution in [-0.2, 0) is 0 Å². The topological polar surface area (TPSA) is 0 Å². The van der Waals surface area contributed by atoms with E-state index in [0.717, 1.165) is 23.7 Å². The number of allylic oxidation sites excluding steroid dienone is 4. The fourth-order valence-electron chi connectivity index (χ4n) is 4.24. The Hall–Kier alpha value is -0.520. The average molecular weight is 186 g/mol. The molecule has 2 fully saturated rings. The van der Waals surface area contributed by atoms with Gasteiger partial charge in [-0.2, -0.15) is 0 Å². The standard InChI is InChI=1S/C14H18/c1-2-4-12-9(3-1)5-6-10-7-11-8-13(11)14(10)12/h2,4,9-11,13H,1,3,5-8H2. The third-order valence-electron chi connectivity index (χ3n) is 4.97. The maximum atomic E-state index is 2.48. The summed E-state index contributed by atoms with van der Waals surface area (Å²) in [5.41, 5.74) is 3.74. The molecule has 0 heteroatoms. The molecule has 0 saturated heterocycles. The second kappa shape index (κ2) is 2.53. The summed E-state index contributed by atoms with van der Waals surface area (Å²) < 4.78 is 0. The molecule has 2 saturated carbocycles. The summed E-state index contributed by atoms with van der Waals surface area (Å²) >= 11 is 0. The van der Waals surface area contributed by atoms with Crippen LogP contribution in [0.15, 0.2) is 23.3 Å². The Kier molecular flexibility index (Phi) is 1.40. The Labute approximate surface area is 86.1 Å². The molecule has 4 aliphatic carbocycles. The number of hydrogen-bond donors (Lipinski definition) is 0. The van der Waals surface area contributed by atoms with Gasteiger partial charge in [-0.3, -0.25) is 0 Å². The largest absolute Gasteiger partial charge is 0.0842 e. The molecule has 0 aromatic rings. The van der Waals surface area contributed by atoms with Crippen molar-refractivity contribution < 1.29 is 0 Å². The van der Waals surface area contributed by atoms with Crippen LogP contribution in [0.4, 0.5) is 0 Å². The van der Waals surface area contributed by atoms with Crippen LogP contribution in [0.25, 0.3) is 0 Å². The Bertz CT molecular complexity index is 334. The molecule has 0 heterocycles. The van der Waals surface area contributed by atoms with E-state index in [0.29, 0.717) is 0 Å². The third kappa shape index (κ3) is 0.898. The summed E-state index contributed by atoms with van der Waals surface area (Å²) in [5, 5.41) is 0. The van der Waals surface area contributed by atoms with Gasteiger partial charge in [0.05, 0.1) is 0 Å². The van der Waals surface area contributed by atoms with Crippen LogP contribution in [0.3, 0.4) is 0 Å².